The fourth-order valence-corrected chi connectivity index (χ4v) is 3.35. The van der Waals surface area contributed by atoms with Crippen LogP contribution in [0.25, 0.3) is 27.1 Å². The minimum Gasteiger partial charge on any atom is -0.493 e. The highest BCUT2D eigenvalue weighted by Gasteiger charge is 2.13. The van der Waals surface area contributed by atoms with Gasteiger partial charge in [0.1, 0.15) is 16.6 Å². The lowest BCUT2D eigenvalue weighted by Crippen LogP contribution is -1.88. The molecule has 3 aromatic rings. The molecule has 0 bridgehead atoms. The van der Waals surface area contributed by atoms with Gasteiger partial charge in [-0.15, -0.1) is 11.3 Å². The second kappa shape index (κ2) is 5.89. The lowest BCUT2D eigenvalue weighted by atomic mass is 10.1. The first-order valence-corrected chi connectivity index (χ1v) is 7.89. The van der Waals surface area contributed by atoms with Crippen molar-refractivity contribution in [2.45, 2.75) is 13.8 Å². The molecular formula is C18H16FNOS. The Morgan fingerprint density at radius 1 is 1.23 bits per heavy atom. The molecule has 22 heavy (non-hydrogen) atoms. The zero-order valence-corrected chi connectivity index (χ0v) is 13.3. The summed E-state index contributed by atoms with van der Waals surface area (Å²) < 4.78 is 18.7. The molecule has 0 unspecified atom stereocenters. The van der Waals surface area contributed by atoms with Crippen LogP contribution >= 0.6 is 11.3 Å². The van der Waals surface area contributed by atoms with E-state index in [0.717, 1.165) is 31.9 Å². The summed E-state index contributed by atoms with van der Waals surface area (Å²) in [6, 6.07) is 10.7. The predicted molar refractivity (Wildman–Crippen MR) is 90.4 cm³/mol. The van der Waals surface area contributed by atoms with Gasteiger partial charge in [0.05, 0.1) is 17.2 Å². The van der Waals surface area contributed by atoms with E-state index in [1.54, 1.807) is 17.4 Å². The molecule has 1 heterocycles. The van der Waals surface area contributed by atoms with E-state index >= 15 is 0 Å². The Hall–Kier alpha value is -2.20. The molecule has 0 spiro atoms. The molecule has 3 rings (SSSR count). The fraction of sp³-hybridized carbons (Fsp3) is 0.167. The van der Waals surface area contributed by atoms with E-state index in [4.69, 9.17) is 4.74 Å². The fourth-order valence-electron chi connectivity index (χ4n) is 2.37. The molecule has 0 aliphatic carbocycles. The number of thiazole rings is 1. The summed E-state index contributed by atoms with van der Waals surface area (Å²) in [7, 11) is 0. The van der Waals surface area contributed by atoms with Crippen LogP contribution < -0.4 is 0 Å². The number of hydrogen-bond acceptors (Lipinski definition) is 3. The molecular weight excluding hydrogens is 297 g/mol. The quantitative estimate of drug-likeness (QED) is 0.600. The van der Waals surface area contributed by atoms with Crippen LogP contribution in [-0.4, -0.2) is 11.6 Å². The second-order valence-electron chi connectivity index (χ2n) is 5.00. The molecule has 0 saturated carbocycles. The summed E-state index contributed by atoms with van der Waals surface area (Å²) >= 11 is 1.56. The van der Waals surface area contributed by atoms with Crippen LogP contribution in [0, 0.1) is 12.7 Å². The monoisotopic (exact) mass is 313 g/mol. The Labute approximate surface area is 132 Å². The third-order valence-corrected chi connectivity index (χ3v) is 4.67. The average molecular weight is 313 g/mol. The zero-order valence-electron chi connectivity index (χ0n) is 12.5. The van der Waals surface area contributed by atoms with Crippen LogP contribution in [0.4, 0.5) is 4.39 Å². The van der Waals surface area contributed by atoms with Crippen LogP contribution in [0.5, 0.6) is 0 Å². The summed E-state index contributed by atoms with van der Waals surface area (Å²) in [6.45, 7) is 8.43. The number of ether oxygens (including phenoxy) is 1. The van der Waals surface area contributed by atoms with Crippen LogP contribution in [0.2, 0.25) is 0 Å². The van der Waals surface area contributed by atoms with Gasteiger partial charge in [-0.2, -0.15) is 0 Å². The van der Waals surface area contributed by atoms with Gasteiger partial charge in [-0.25, -0.2) is 9.37 Å². The van der Waals surface area contributed by atoms with Gasteiger partial charge in [0.2, 0.25) is 0 Å². The van der Waals surface area contributed by atoms with E-state index in [1.807, 2.05) is 32.0 Å². The normalized spacial score (nSPS) is 10.9. The van der Waals surface area contributed by atoms with Crippen molar-refractivity contribution in [3.8, 4) is 10.6 Å². The van der Waals surface area contributed by atoms with Gasteiger partial charge >= 0.3 is 0 Å². The van der Waals surface area contributed by atoms with Crippen molar-refractivity contribution in [3.05, 3.63) is 59.4 Å². The molecule has 0 radical (unpaired) electrons. The van der Waals surface area contributed by atoms with Crippen molar-refractivity contribution in [3.63, 3.8) is 0 Å². The molecule has 0 saturated heterocycles. The molecule has 0 atom stereocenters. The average Bonchev–Trinajstić information content (AvgIpc) is 2.89. The summed E-state index contributed by atoms with van der Waals surface area (Å²) in [6.07, 6.45) is 0. The largest absolute Gasteiger partial charge is 0.493 e. The molecule has 2 nitrogen and oxygen atoms in total. The van der Waals surface area contributed by atoms with Crippen LogP contribution in [-0.2, 0) is 4.74 Å². The van der Waals surface area contributed by atoms with Gasteiger partial charge < -0.3 is 4.74 Å². The number of aryl methyl sites for hydroxylation is 1. The summed E-state index contributed by atoms with van der Waals surface area (Å²) in [5.74, 6) is 0.437. The van der Waals surface area contributed by atoms with E-state index in [9.17, 15) is 4.39 Å². The van der Waals surface area contributed by atoms with Crippen molar-refractivity contribution in [1.82, 2.24) is 4.98 Å². The number of halogens is 1. The number of rotatable bonds is 4. The van der Waals surface area contributed by atoms with Gasteiger partial charge in [-0.1, -0.05) is 24.8 Å². The molecule has 112 valence electrons. The van der Waals surface area contributed by atoms with E-state index in [0.29, 0.717) is 12.4 Å². The van der Waals surface area contributed by atoms with Crippen molar-refractivity contribution >= 4 is 27.9 Å². The Morgan fingerprint density at radius 2 is 1.95 bits per heavy atom. The highest BCUT2D eigenvalue weighted by Crippen LogP contribution is 2.33. The third-order valence-electron chi connectivity index (χ3n) is 3.42. The third kappa shape index (κ3) is 2.74. The number of fused-ring (bicyclic) bond motifs is 1. The lowest BCUT2D eigenvalue weighted by molar-refractivity contribution is 0.300. The molecule has 0 aliphatic rings. The minimum absolute atomic E-state index is 0.222. The number of benzene rings is 2. The molecule has 4 heteroatoms. The summed E-state index contributed by atoms with van der Waals surface area (Å²) in [5, 5.41) is 2.80. The topological polar surface area (TPSA) is 22.1 Å². The first kappa shape index (κ1) is 14.7. The van der Waals surface area contributed by atoms with Crippen LogP contribution in [0.3, 0.4) is 0 Å². The zero-order chi connectivity index (χ0) is 15.7. The molecule has 2 aromatic carbocycles. The maximum Gasteiger partial charge on any atom is 0.131 e. The van der Waals surface area contributed by atoms with Gasteiger partial charge in [0.15, 0.2) is 0 Å². The number of aromatic nitrogens is 1. The Morgan fingerprint density at radius 3 is 2.73 bits per heavy atom. The smallest absolute Gasteiger partial charge is 0.131 e. The van der Waals surface area contributed by atoms with E-state index in [1.165, 1.54) is 12.1 Å². The van der Waals surface area contributed by atoms with Crippen molar-refractivity contribution in [2.75, 3.05) is 6.61 Å². The van der Waals surface area contributed by atoms with E-state index in [2.05, 4.69) is 11.6 Å². The molecule has 0 fully saturated rings. The van der Waals surface area contributed by atoms with Gasteiger partial charge in [0.25, 0.3) is 0 Å². The molecule has 0 amide bonds. The summed E-state index contributed by atoms with van der Waals surface area (Å²) in [5.41, 5.74) is 1.93. The maximum absolute atomic E-state index is 13.2. The van der Waals surface area contributed by atoms with Crippen LogP contribution in [0.15, 0.2) is 43.0 Å². The Balaban J connectivity index is 2.02. The van der Waals surface area contributed by atoms with Crippen molar-refractivity contribution < 1.29 is 9.13 Å². The second-order valence-corrected chi connectivity index (χ2v) is 6.00. The standard InChI is InChI=1S/C18H16FNOS/c1-4-21-12(3)17-11(2)20-18(22-17)15-6-5-14-10-16(19)8-7-13(14)9-15/h5-10H,3-4H2,1-2H3. The highest BCUT2D eigenvalue weighted by molar-refractivity contribution is 7.16. The van der Waals surface area contributed by atoms with Gasteiger partial charge in [-0.05, 0) is 42.8 Å². The molecule has 0 aliphatic heterocycles. The van der Waals surface area contributed by atoms with Gasteiger partial charge in [0, 0.05) is 5.56 Å². The van der Waals surface area contributed by atoms with Crippen LogP contribution in [0.1, 0.15) is 17.5 Å². The number of nitrogens with zero attached hydrogens (tertiary/aromatic N) is 1. The first-order valence-electron chi connectivity index (χ1n) is 7.07. The van der Waals surface area contributed by atoms with Crippen molar-refractivity contribution in [1.29, 1.82) is 0 Å². The van der Waals surface area contributed by atoms with E-state index < -0.39 is 0 Å². The van der Waals surface area contributed by atoms with E-state index in [-0.39, 0.29) is 5.82 Å². The summed E-state index contributed by atoms with van der Waals surface area (Å²) in [4.78, 5) is 5.58. The highest BCUT2D eigenvalue weighted by atomic mass is 32.1. The Kier molecular flexibility index (Phi) is 3.94. The lowest BCUT2D eigenvalue weighted by Gasteiger charge is -2.03. The SMILES string of the molecule is C=C(OCC)c1sc(-c2ccc3cc(F)ccc3c2)nc1C. The predicted octanol–water partition coefficient (Wildman–Crippen LogP) is 5.42. The first-order chi connectivity index (χ1) is 10.6. The Bertz CT molecular complexity index is 853. The molecule has 0 N–H and O–H groups in total. The van der Waals surface area contributed by atoms with Crippen molar-refractivity contribution in [2.24, 2.45) is 0 Å². The minimum atomic E-state index is -0.222. The maximum atomic E-state index is 13.2. The molecule has 1 aromatic heterocycles. The number of hydrogen-bond donors (Lipinski definition) is 0. The van der Waals surface area contributed by atoms with Gasteiger partial charge in [-0.3, -0.25) is 0 Å².